The second kappa shape index (κ2) is 8.54. The Morgan fingerprint density at radius 1 is 1.08 bits per heavy atom. The summed E-state index contributed by atoms with van der Waals surface area (Å²) in [5.74, 6) is 1.52. The Hall–Kier alpha value is -2.08. The van der Waals surface area contributed by atoms with Crippen molar-refractivity contribution in [1.29, 1.82) is 0 Å². The Kier molecular flexibility index (Phi) is 6.14. The molecule has 0 aliphatic carbocycles. The van der Waals surface area contributed by atoms with Crippen molar-refractivity contribution in [3.8, 4) is 22.1 Å². The SMILES string of the molecule is COc1ccc(-c2nc(CN(C)Cc3ccccc3Cl)cs2)c(OC)c1. The van der Waals surface area contributed by atoms with Gasteiger partial charge in [-0.3, -0.25) is 4.90 Å². The predicted octanol–water partition coefficient (Wildman–Crippen LogP) is 5.11. The summed E-state index contributed by atoms with van der Waals surface area (Å²) in [4.78, 5) is 6.97. The van der Waals surface area contributed by atoms with E-state index in [2.05, 4.69) is 17.3 Å². The van der Waals surface area contributed by atoms with Crippen molar-refractivity contribution in [1.82, 2.24) is 9.88 Å². The van der Waals surface area contributed by atoms with Crippen molar-refractivity contribution < 1.29 is 9.47 Å². The molecule has 0 radical (unpaired) electrons. The molecule has 3 rings (SSSR count). The van der Waals surface area contributed by atoms with Gasteiger partial charge in [0.1, 0.15) is 16.5 Å². The number of hydrogen-bond acceptors (Lipinski definition) is 5. The second-order valence-electron chi connectivity index (χ2n) is 5.97. The summed E-state index contributed by atoms with van der Waals surface area (Å²) in [6.07, 6.45) is 0. The van der Waals surface area contributed by atoms with Gasteiger partial charge in [-0.25, -0.2) is 4.98 Å². The van der Waals surface area contributed by atoms with Gasteiger partial charge in [-0.05, 0) is 30.8 Å². The van der Waals surface area contributed by atoms with Crippen LogP contribution in [-0.4, -0.2) is 31.2 Å². The highest BCUT2D eigenvalue weighted by molar-refractivity contribution is 7.13. The Morgan fingerprint density at radius 2 is 1.88 bits per heavy atom. The first kappa shape index (κ1) is 18.7. The van der Waals surface area contributed by atoms with Crippen LogP contribution in [0.25, 0.3) is 10.6 Å². The molecule has 136 valence electrons. The number of benzene rings is 2. The molecule has 0 aliphatic rings. The lowest BCUT2D eigenvalue weighted by Gasteiger charge is -2.16. The third-order valence-electron chi connectivity index (χ3n) is 4.02. The van der Waals surface area contributed by atoms with E-state index in [1.54, 1.807) is 25.6 Å². The summed E-state index contributed by atoms with van der Waals surface area (Å²) >= 11 is 7.86. The molecule has 0 bridgehead atoms. The van der Waals surface area contributed by atoms with Crippen LogP contribution in [-0.2, 0) is 13.1 Å². The smallest absolute Gasteiger partial charge is 0.132 e. The monoisotopic (exact) mass is 388 g/mol. The summed E-state index contributed by atoms with van der Waals surface area (Å²) in [7, 11) is 5.37. The molecule has 0 unspecified atom stereocenters. The third-order valence-corrected chi connectivity index (χ3v) is 5.31. The van der Waals surface area contributed by atoms with E-state index in [4.69, 9.17) is 26.1 Å². The molecule has 6 heteroatoms. The number of methoxy groups -OCH3 is 2. The van der Waals surface area contributed by atoms with Gasteiger partial charge in [0, 0.05) is 29.6 Å². The van der Waals surface area contributed by atoms with Gasteiger partial charge in [-0.1, -0.05) is 29.8 Å². The lowest BCUT2D eigenvalue weighted by atomic mass is 10.2. The van der Waals surface area contributed by atoms with E-state index in [1.165, 1.54) is 0 Å². The molecule has 2 aromatic carbocycles. The van der Waals surface area contributed by atoms with Crippen molar-refractivity contribution in [2.24, 2.45) is 0 Å². The van der Waals surface area contributed by atoms with Crippen LogP contribution in [0.2, 0.25) is 5.02 Å². The third kappa shape index (κ3) is 4.36. The second-order valence-corrected chi connectivity index (χ2v) is 7.24. The van der Waals surface area contributed by atoms with Gasteiger partial charge in [0.05, 0.1) is 25.5 Å². The molecule has 0 saturated carbocycles. The van der Waals surface area contributed by atoms with Gasteiger partial charge in [0.2, 0.25) is 0 Å². The van der Waals surface area contributed by atoms with Gasteiger partial charge in [0.25, 0.3) is 0 Å². The summed E-state index contributed by atoms with van der Waals surface area (Å²) in [5.41, 5.74) is 3.11. The van der Waals surface area contributed by atoms with E-state index in [0.29, 0.717) is 0 Å². The van der Waals surface area contributed by atoms with Crippen LogP contribution < -0.4 is 9.47 Å². The largest absolute Gasteiger partial charge is 0.497 e. The molecule has 3 aromatic rings. The number of aromatic nitrogens is 1. The molecule has 0 fully saturated rings. The summed E-state index contributed by atoms with van der Waals surface area (Å²) in [6, 6.07) is 13.7. The van der Waals surface area contributed by atoms with Crippen molar-refractivity contribution in [2.45, 2.75) is 13.1 Å². The number of ether oxygens (including phenoxy) is 2. The van der Waals surface area contributed by atoms with Crippen LogP contribution in [0.4, 0.5) is 0 Å². The molecule has 0 amide bonds. The molecular weight excluding hydrogens is 368 g/mol. The number of nitrogens with zero attached hydrogens (tertiary/aromatic N) is 2. The van der Waals surface area contributed by atoms with Crippen LogP contribution in [0.5, 0.6) is 11.5 Å². The van der Waals surface area contributed by atoms with E-state index in [0.717, 1.165) is 51.4 Å². The zero-order valence-corrected chi connectivity index (χ0v) is 16.6. The van der Waals surface area contributed by atoms with Crippen molar-refractivity contribution in [3.63, 3.8) is 0 Å². The number of rotatable bonds is 7. The van der Waals surface area contributed by atoms with Gasteiger partial charge >= 0.3 is 0 Å². The first-order valence-corrected chi connectivity index (χ1v) is 9.45. The molecule has 0 N–H and O–H groups in total. The average molecular weight is 389 g/mol. The minimum atomic E-state index is 0.750. The van der Waals surface area contributed by atoms with Crippen LogP contribution in [0.1, 0.15) is 11.3 Å². The van der Waals surface area contributed by atoms with E-state index in [1.807, 2.05) is 42.5 Å². The molecule has 26 heavy (non-hydrogen) atoms. The highest BCUT2D eigenvalue weighted by atomic mass is 35.5. The van der Waals surface area contributed by atoms with Gasteiger partial charge in [-0.15, -0.1) is 11.3 Å². The fourth-order valence-corrected chi connectivity index (χ4v) is 3.76. The van der Waals surface area contributed by atoms with E-state index in [9.17, 15) is 0 Å². The molecule has 0 saturated heterocycles. The van der Waals surface area contributed by atoms with Crippen LogP contribution in [0.15, 0.2) is 47.8 Å². The number of hydrogen-bond donors (Lipinski definition) is 0. The summed E-state index contributed by atoms with van der Waals surface area (Å²) < 4.78 is 10.7. The highest BCUT2D eigenvalue weighted by Gasteiger charge is 2.13. The Bertz CT molecular complexity index is 882. The molecule has 4 nitrogen and oxygen atoms in total. The Balaban J connectivity index is 1.73. The van der Waals surface area contributed by atoms with Crippen molar-refractivity contribution in [3.05, 3.63) is 64.1 Å². The summed E-state index contributed by atoms with van der Waals surface area (Å²) in [6.45, 7) is 1.53. The topological polar surface area (TPSA) is 34.6 Å². The van der Waals surface area contributed by atoms with E-state index in [-0.39, 0.29) is 0 Å². The maximum absolute atomic E-state index is 6.25. The lowest BCUT2D eigenvalue weighted by Crippen LogP contribution is -2.17. The highest BCUT2D eigenvalue weighted by Crippen LogP contribution is 2.35. The maximum Gasteiger partial charge on any atom is 0.132 e. The normalized spacial score (nSPS) is 11.0. The molecule has 0 atom stereocenters. The fraction of sp³-hybridized carbons (Fsp3) is 0.250. The first-order valence-electron chi connectivity index (χ1n) is 8.19. The van der Waals surface area contributed by atoms with Gasteiger partial charge in [0.15, 0.2) is 0 Å². The van der Waals surface area contributed by atoms with Crippen molar-refractivity contribution >= 4 is 22.9 Å². The minimum Gasteiger partial charge on any atom is -0.497 e. The molecular formula is C20H21ClN2O2S. The van der Waals surface area contributed by atoms with Gasteiger partial charge in [-0.2, -0.15) is 0 Å². The number of halogens is 1. The molecule has 0 spiro atoms. The maximum atomic E-state index is 6.25. The molecule has 1 aromatic heterocycles. The predicted molar refractivity (Wildman–Crippen MR) is 107 cm³/mol. The standard InChI is InChI=1S/C20H21ClN2O2S/c1-23(11-14-6-4-5-7-18(14)21)12-15-13-26-20(22-15)17-9-8-16(24-2)10-19(17)25-3/h4-10,13H,11-12H2,1-3H3. The van der Waals surface area contributed by atoms with Crippen LogP contribution in [0, 0.1) is 0 Å². The average Bonchev–Trinajstić information content (AvgIpc) is 3.11. The quantitative estimate of drug-likeness (QED) is 0.563. The van der Waals surface area contributed by atoms with E-state index >= 15 is 0 Å². The first-order chi connectivity index (χ1) is 12.6. The van der Waals surface area contributed by atoms with E-state index < -0.39 is 0 Å². The van der Waals surface area contributed by atoms with Crippen LogP contribution >= 0.6 is 22.9 Å². The van der Waals surface area contributed by atoms with Crippen molar-refractivity contribution in [2.75, 3.05) is 21.3 Å². The molecule has 1 heterocycles. The lowest BCUT2D eigenvalue weighted by molar-refractivity contribution is 0.316. The zero-order valence-electron chi connectivity index (χ0n) is 15.0. The fourth-order valence-electron chi connectivity index (χ4n) is 2.73. The summed E-state index contributed by atoms with van der Waals surface area (Å²) in [5, 5.41) is 3.81. The molecule has 0 aliphatic heterocycles. The van der Waals surface area contributed by atoms with Gasteiger partial charge < -0.3 is 9.47 Å². The number of thiazole rings is 1. The minimum absolute atomic E-state index is 0.750. The Labute approximate surface area is 163 Å². The zero-order chi connectivity index (χ0) is 18.5. The van der Waals surface area contributed by atoms with Crippen LogP contribution in [0.3, 0.4) is 0 Å². The Morgan fingerprint density at radius 3 is 2.62 bits per heavy atom.